The van der Waals surface area contributed by atoms with E-state index in [9.17, 15) is 9.59 Å². The monoisotopic (exact) mass is 268 g/mol. The standard InChI is InChI=1S/C15H28N2O2/c1-4-17-10-12(18)13(11(2)3)15(14(16)19)8-6-5-7-9-15/h11,13,17H,4-10H2,1-3H3,(H2,16,19). The van der Waals surface area contributed by atoms with Crippen LogP contribution in [-0.4, -0.2) is 24.8 Å². The smallest absolute Gasteiger partial charge is 0.224 e. The second-order valence-electron chi connectivity index (χ2n) is 6.05. The Morgan fingerprint density at radius 1 is 1.21 bits per heavy atom. The van der Waals surface area contributed by atoms with E-state index in [0.29, 0.717) is 6.54 Å². The topological polar surface area (TPSA) is 72.2 Å². The average molecular weight is 268 g/mol. The second kappa shape index (κ2) is 7.04. The molecule has 19 heavy (non-hydrogen) atoms. The predicted octanol–water partition coefficient (Wildman–Crippen LogP) is 1.87. The van der Waals surface area contributed by atoms with Crippen molar-refractivity contribution in [2.24, 2.45) is 23.0 Å². The molecule has 4 heteroatoms. The van der Waals surface area contributed by atoms with Gasteiger partial charge in [-0.3, -0.25) is 9.59 Å². The van der Waals surface area contributed by atoms with E-state index < -0.39 is 5.41 Å². The summed E-state index contributed by atoms with van der Waals surface area (Å²) in [7, 11) is 0. The maximum atomic E-state index is 12.5. The van der Waals surface area contributed by atoms with E-state index in [2.05, 4.69) is 5.32 Å². The van der Waals surface area contributed by atoms with E-state index >= 15 is 0 Å². The van der Waals surface area contributed by atoms with Crippen molar-refractivity contribution in [1.82, 2.24) is 5.32 Å². The fourth-order valence-electron chi connectivity index (χ4n) is 3.57. The lowest BCUT2D eigenvalue weighted by Gasteiger charge is -2.42. The van der Waals surface area contributed by atoms with Crippen LogP contribution < -0.4 is 11.1 Å². The highest BCUT2D eigenvalue weighted by molar-refractivity contribution is 5.92. The van der Waals surface area contributed by atoms with Crippen molar-refractivity contribution in [2.45, 2.75) is 52.9 Å². The minimum Gasteiger partial charge on any atom is -0.369 e. The highest BCUT2D eigenvalue weighted by Gasteiger charge is 2.48. The first-order chi connectivity index (χ1) is 8.95. The minimum absolute atomic E-state index is 0.137. The van der Waals surface area contributed by atoms with Crippen LogP contribution in [-0.2, 0) is 9.59 Å². The Morgan fingerprint density at radius 2 is 1.79 bits per heavy atom. The van der Waals surface area contributed by atoms with Crippen molar-refractivity contribution in [1.29, 1.82) is 0 Å². The third kappa shape index (κ3) is 3.56. The Kier molecular flexibility index (Phi) is 5.98. The van der Waals surface area contributed by atoms with Crippen LogP contribution >= 0.6 is 0 Å². The molecule has 3 N–H and O–H groups in total. The van der Waals surface area contributed by atoms with Crippen LogP contribution in [0.25, 0.3) is 0 Å². The summed E-state index contributed by atoms with van der Waals surface area (Å²) >= 11 is 0. The maximum Gasteiger partial charge on any atom is 0.224 e. The number of hydrogen-bond acceptors (Lipinski definition) is 3. The number of likely N-dealkylation sites (N-methyl/N-ethyl adjacent to an activating group) is 1. The van der Waals surface area contributed by atoms with Gasteiger partial charge in [0, 0.05) is 5.92 Å². The Labute approximate surface area is 116 Å². The van der Waals surface area contributed by atoms with E-state index in [1.54, 1.807) is 0 Å². The maximum absolute atomic E-state index is 12.5. The lowest BCUT2D eigenvalue weighted by atomic mass is 9.60. The van der Waals surface area contributed by atoms with Gasteiger partial charge in [-0.15, -0.1) is 0 Å². The van der Waals surface area contributed by atoms with Gasteiger partial charge in [0.15, 0.2) is 5.78 Å². The number of nitrogens with one attached hydrogen (secondary N) is 1. The van der Waals surface area contributed by atoms with Gasteiger partial charge in [-0.1, -0.05) is 40.0 Å². The summed E-state index contributed by atoms with van der Waals surface area (Å²) in [6.45, 7) is 7.12. The molecular formula is C15H28N2O2. The molecule has 0 spiro atoms. The molecule has 1 aliphatic carbocycles. The number of Topliss-reactive ketones (excluding diaryl/α,β-unsaturated/α-hetero) is 1. The van der Waals surface area contributed by atoms with Gasteiger partial charge in [0.2, 0.25) is 5.91 Å². The molecule has 0 aromatic carbocycles. The highest BCUT2D eigenvalue weighted by atomic mass is 16.2. The normalized spacial score (nSPS) is 20.2. The Balaban J connectivity index is 2.99. The molecule has 0 heterocycles. The third-order valence-corrected chi connectivity index (χ3v) is 4.39. The zero-order chi connectivity index (χ0) is 14.5. The quantitative estimate of drug-likeness (QED) is 0.740. The Bertz CT molecular complexity index is 320. The first-order valence-electron chi connectivity index (χ1n) is 7.49. The summed E-state index contributed by atoms with van der Waals surface area (Å²) < 4.78 is 0. The molecule has 1 amide bonds. The zero-order valence-electron chi connectivity index (χ0n) is 12.5. The van der Waals surface area contributed by atoms with Crippen molar-refractivity contribution in [3.8, 4) is 0 Å². The summed E-state index contributed by atoms with van der Waals surface area (Å²) in [5.74, 6) is -0.241. The molecule has 0 aliphatic heterocycles. The molecule has 1 aliphatic rings. The first-order valence-corrected chi connectivity index (χ1v) is 7.49. The molecule has 110 valence electrons. The van der Waals surface area contributed by atoms with Crippen LogP contribution in [0.2, 0.25) is 0 Å². The number of amides is 1. The van der Waals surface area contributed by atoms with Gasteiger partial charge in [-0.05, 0) is 25.3 Å². The number of primary amides is 1. The zero-order valence-corrected chi connectivity index (χ0v) is 12.5. The molecule has 0 radical (unpaired) electrons. The summed E-state index contributed by atoms with van der Waals surface area (Å²) in [6, 6.07) is 0. The van der Waals surface area contributed by atoms with Crippen molar-refractivity contribution in [2.75, 3.05) is 13.1 Å². The van der Waals surface area contributed by atoms with E-state index in [1.165, 1.54) is 0 Å². The fraction of sp³-hybridized carbons (Fsp3) is 0.867. The molecule has 1 fully saturated rings. The van der Waals surface area contributed by atoms with Crippen LogP contribution in [0.15, 0.2) is 0 Å². The van der Waals surface area contributed by atoms with Crippen molar-refractivity contribution in [3.05, 3.63) is 0 Å². The van der Waals surface area contributed by atoms with Crippen LogP contribution in [0.1, 0.15) is 52.9 Å². The number of nitrogens with two attached hydrogens (primary N) is 1. The van der Waals surface area contributed by atoms with Crippen molar-refractivity contribution in [3.63, 3.8) is 0 Å². The summed E-state index contributed by atoms with van der Waals surface area (Å²) in [4.78, 5) is 24.5. The van der Waals surface area contributed by atoms with Gasteiger partial charge >= 0.3 is 0 Å². The third-order valence-electron chi connectivity index (χ3n) is 4.39. The molecule has 0 saturated heterocycles. The molecular weight excluding hydrogens is 240 g/mol. The van der Waals surface area contributed by atoms with Gasteiger partial charge in [-0.25, -0.2) is 0 Å². The van der Waals surface area contributed by atoms with Crippen LogP contribution in [0, 0.1) is 17.3 Å². The molecule has 1 unspecified atom stereocenters. The van der Waals surface area contributed by atoms with E-state index in [-0.39, 0.29) is 23.5 Å². The number of carbonyl (C=O) groups excluding carboxylic acids is 2. The molecule has 0 aromatic heterocycles. The molecule has 1 saturated carbocycles. The van der Waals surface area contributed by atoms with Gasteiger partial charge in [0.1, 0.15) is 0 Å². The highest BCUT2D eigenvalue weighted by Crippen LogP contribution is 2.45. The van der Waals surface area contributed by atoms with Gasteiger partial charge in [0.05, 0.1) is 12.0 Å². The lowest BCUT2D eigenvalue weighted by Crippen LogP contribution is -2.51. The van der Waals surface area contributed by atoms with Crippen molar-refractivity contribution < 1.29 is 9.59 Å². The molecule has 4 nitrogen and oxygen atoms in total. The van der Waals surface area contributed by atoms with E-state index in [1.807, 2.05) is 20.8 Å². The van der Waals surface area contributed by atoms with E-state index in [4.69, 9.17) is 5.73 Å². The number of carbonyl (C=O) groups is 2. The Hall–Kier alpha value is -0.900. The molecule has 1 atom stereocenters. The minimum atomic E-state index is -0.612. The van der Waals surface area contributed by atoms with Gasteiger partial charge in [-0.2, -0.15) is 0 Å². The fourth-order valence-corrected chi connectivity index (χ4v) is 3.57. The predicted molar refractivity (Wildman–Crippen MR) is 76.6 cm³/mol. The largest absolute Gasteiger partial charge is 0.369 e. The van der Waals surface area contributed by atoms with E-state index in [0.717, 1.165) is 38.6 Å². The average Bonchev–Trinajstić information content (AvgIpc) is 2.37. The van der Waals surface area contributed by atoms with Crippen molar-refractivity contribution >= 4 is 11.7 Å². The van der Waals surface area contributed by atoms with Gasteiger partial charge < -0.3 is 11.1 Å². The van der Waals surface area contributed by atoms with Crippen LogP contribution in [0.5, 0.6) is 0 Å². The van der Waals surface area contributed by atoms with Crippen LogP contribution in [0.3, 0.4) is 0 Å². The van der Waals surface area contributed by atoms with Gasteiger partial charge in [0.25, 0.3) is 0 Å². The summed E-state index contributed by atoms with van der Waals surface area (Å²) in [6.07, 6.45) is 4.68. The summed E-state index contributed by atoms with van der Waals surface area (Å²) in [5.41, 5.74) is 5.08. The van der Waals surface area contributed by atoms with Crippen LogP contribution in [0.4, 0.5) is 0 Å². The number of rotatable bonds is 7. The second-order valence-corrected chi connectivity index (χ2v) is 6.05. The molecule has 1 rings (SSSR count). The SMILES string of the molecule is CCNCC(=O)C(C(C)C)C1(C(N)=O)CCCCC1. The first kappa shape index (κ1) is 16.2. The molecule has 0 aromatic rings. The number of hydrogen-bond donors (Lipinski definition) is 2. The molecule has 0 bridgehead atoms. The Morgan fingerprint density at radius 3 is 2.21 bits per heavy atom. The number of ketones is 1. The lowest BCUT2D eigenvalue weighted by molar-refractivity contribution is -0.143. The summed E-state index contributed by atoms with van der Waals surface area (Å²) in [5, 5.41) is 3.08.